The molecule has 2 N–H and O–H groups in total. The molecule has 2 fully saturated rings. The van der Waals surface area contributed by atoms with Gasteiger partial charge in [-0.25, -0.2) is 4.79 Å². The Bertz CT molecular complexity index is 325. The summed E-state index contributed by atoms with van der Waals surface area (Å²) in [6.07, 6.45) is 7.82. The molecule has 4 nitrogen and oxygen atoms in total. The standard InChI is InChI=1S/C16H30N2O2/c1-3-5-16(6-7-16)12-17-14(20)18-10-8-15(4-2,13-19)9-11-18/h19H,3-13H2,1-2H3,(H,17,20). The average molecular weight is 282 g/mol. The predicted molar refractivity (Wildman–Crippen MR) is 80.6 cm³/mol. The van der Waals surface area contributed by atoms with E-state index >= 15 is 0 Å². The molecule has 0 aromatic rings. The van der Waals surface area contributed by atoms with E-state index in [0.29, 0.717) is 5.41 Å². The summed E-state index contributed by atoms with van der Waals surface area (Å²) in [6, 6.07) is 0.0926. The number of nitrogens with one attached hydrogen (secondary N) is 1. The molecule has 0 aromatic carbocycles. The summed E-state index contributed by atoms with van der Waals surface area (Å²) in [6.45, 7) is 7.00. The summed E-state index contributed by atoms with van der Waals surface area (Å²) < 4.78 is 0. The van der Waals surface area contributed by atoms with Crippen molar-refractivity contribution in [1.29, 1.82) is 0 Å². The lowest BCUT2D eigenvalue weighted by Gasteiger charge is -2.40. The minimum absolute atomic E-state index is 0.0523. The van der Waals surface area contributed by atoms with E-state index in [2.05, 4.69) is 19.2 Å². The first-order valence-corrected chi connectivity index (χ1v) is 8.22. The van der Waals surface area contributed by atoms with Crippen LogP contribution < -0.4 is 5.32 Å². The molecule has 2 rings (SSSR count). The van der Waals surface area contributed by atoms with E-state index in [1.54, 1.807) is 0 Å². The Labute approximate surface area is 122 Å². The van der Waals surface area contributed by atoms with Gasteiger partial charge in [-0.05, 0) is 49.4 Å². The van der Waals surface area contributed by atoms with Gasteiger partial charge in [0.05, 0.1) is 0 Å². The summed E-state index contributed by atoms with van der Waals surface area (Å²) in [5.74, 6) is 0. The van der Waals surface area contributed by atoms with Gasteiger partial charge in [-0.3, -0.25) is 0 Å². The first-order chi connectivity index (χ1) is 9.59. The van der Waals surface area contributed by atoms with Crippen LogP contribution in [0.3, 0.4) is 0 Å². The van der Waals surface area contributed by atoms with E-state index in [4.69, 9.17) is 0 Å². The Morgan fingerprint density at radius 2 is 1.80 bits per heavy atom. The molecule has 4 heteroatoms. The number of carbonyl (C=O) groups excluding carboxylic acids is 1. The Morgan fingerprint density at radius 1 is 1.15 bits per heavy atom. The highest BCUT2D eigenvalue weighted by molar-refractivity contribution is 5.74. The van der Waals surface area contributed by atoms with Crippen LogP contribution in [0.1, 0.15) is 58.8 Å². The van der Waals surface area contributed by atoms with Crippen molar-refractivity contribution in [3.63, 3.8) is 0 Å². The van der Waals surface area contributed by atoms with E-state index in [-0.39, 0.29) is 18.1 Å². The van der Waals surface area contributed by atoms with Gasteiger partial charge in [-0.15, -0.1) is 0 Å². The Balaban J connectivity index is 1.75. The number of carbonyl (C=O) groups is 1. The number of hydrogen-bond acceptors (Lipinski definition) is 2. The zero-order valence-corrected chi connectivity index (χ0v) is 13.1. The van der Waals surface area contributed by atoms with Crippen LogP contribution in [0.5, 0.6) is 0 Å². The predicted octanol–water partition coefficient (Wildman–Crippen LogP) is 2.76. The van der Waals surface area contributed by atoms with Gasteiger partial charge in [-0.1, -0.05) is 20.3 Å². The highest BCUT2D eigenvalue weighted by Crippen LogP contribution is 2.49. The molecule has 20 heavy (non-hydrogen) atoms. The number of aliphatic hydroxyl groups excluding tert-OH is 1. The lowest BCUT2D eigenvalue weighted by Crippen LogP contribution is -2.49. The van der Waals surface area contributed by atoms with Gasteiger partial charge in [0.15, 0.2) is 0 Å². The van der Waals surface area contributed by atoms with Crippen LogP contribution in [-0.4, -0.2) is 42.3 Å². The zero-order valence-electron chi connectivity index (χ0n) is 13.1. The third-order valence-electron chi connectivity index (χ3n) is 5.55. The SMILES string of the molecule is CCCC1(CNC(=O)N2CCC(CC)(CO)CC2)CC1. The zero-order chi connectivity index (χ0) is 14.6. The molecule has 1 aliphatic heterocycles. The molecule has 0 atom stereocenters. The molecule has 1 heterocycles. The Hall–Kier alpha value is -0.770. The fourth-order valence-electron chi connectivity index (χ4n) is 3.40. The quantitative estimate of drug-likeness (QED) is 0.787. The number of rotatable bonds is 6. The van der Waals surface area contributed by atoms with Gasteiger partial charge < -0.3 is 15.3 Å². The summed E-state index contributed by atoms with van der Waals surface area (Å²) >= 11 is 0. The fourth-order valence-corrected chi connectivity index (χ4v) is 3.40. The van der Waals surface area contributed by atoms with Crippen molar-refractivity contribution in [3.8, 4) is 0 Å². The van der Waals surface area contributed by atoms with Crippen LogP contribution in [0.2, 0.25) is 0 Å². The monoisotopic (exact) mass is 282 g/mol. The van der Waals surface area contributed by atoms with Gasteiger partial charge in [0, 0.05) is 26.2 Å². The molecule has 0 spiro atoms. The lowest BCUT2D eigenvalue weighted by molar-refractivity contribution is 0.0517. The minimum Gasteiger partial charge on any atom is -0.396 e. The average Bonchev–Trinajstić information content (AvgIpc) is 3.25. The molecule has 116 valence electrons. The molecule has 1 saturated heterocycles. The normalized spacial score (nSPS) is 23.4. The fraction of sp³-hybridized carbons (Fsp3) is 0.938. The number of piperidine rings is 1. The largest absolute Gasteiger partial charge is 0.396 e. The van der Waals surface area contributed by atoms with Crippen LogP contribution in [0.4, 0.5) is 4.79 Å². The summed E-state index contributed by atoms with van der Waals surface area (Å²) in [5.41, 5.74) is 0.467. The third kappa shape index (κ3) is 3.46. The second-order valence-corrected chi connectivity index (χ2v) is 6.91. The van der Waals surface area contributed by atoms with Crippen molar-refractivity contribution < 1.29 is 9.90 Å². The summed E-state index contributed by atoms with van der Waals surface area (Å²) in [7, 11) is 0. The smallest absolute Gasteiger partial charge is 0.317 e. The van der Waals surface area contributed by atoms with Crippen molar-refractivity contribution in [2.45, 2.75) is 58.8 Å². The van der Waals surface area contributed by atoms with Crippen LogP contribution >= 0.6 is 0 Å². The van der Waals surface area contributed by atoms with Crippen molar-refractivity contribution in [1.82, 2.24) is 10.2 Å². The van der Waals surface area contributed by atoms with E-state index in [9.17, 15) is 9.90 Å². The van der Waals surface area contributed by atoms with Crippen LogP contribution in [0.15, 0.2) is 0 Å². The Morgan fingerprint density at radius 3 is 2.25 bits per heavy atom. The van der Waals surface area contributed by atoms with Gasteiger partial charge >= 0.3 is 6.03 Å². The topological polar surface area (TPSA) is 52.6 Å². The molecule has 2 amide bonds. The first-order valence-electron chi connectivity index (χ1n) is 8.22. The first kappa shape index (κ1) is 15.6. The van der Waals surface area contributed by atoms with E-state index in [1.807, 2.05) is 4.90 Å². The van der Waals surface area contributed by atoms with Crippen LogP contribution in [0, 0.1) is 10.8 Å². The van der Waals surface area contributed by atoms with E-state index < -0.39 is 0 Å². The maximum Gasteiger partial charge on any atom is 0.317 e. The molecule has 1 saturated carbocycles. The number of hydrogen-bond donors (Lipinski definition) is 2. The van der Waals surface area contributed by atoms with Crippen molar-refractivity contribution in [2.24, 2.45) is 10.8 Å². The number of nitrogens with zero attached hydrogens (tertiary/aromatic N) is 1. The van der Waals surface area contributed by atoms with Crippen LogP contribution in [0.25, 0.3) is 0 Å². The van der Waals surface area contributed by atoms with Crippen LogP contribution in [-0.2, 0) is 0 Å². The number of likely N-dealkylation sites (tertiary alicyclic amines) is 1. The molecule has 0 unspecified atom stereocenters. The maximum absolute atomic E-state index is 12.2. The van der Waals surface area contributed by atoms with Crippen molar-refractivity contribution in [2.75, 3.05) is 26.2 Å². The molecule has 0 bridgehead atoms. The number of urea groups is 1. The van der Waals surface area contributed by atoms with E-state index in [0.717, 1.165) is 38.9 Å². The second-order valence-electron chi connectivity index (χ2n) is 6.91. The second kappa shape index (κ2) is 6.33. The van der Waals surface area contributed by atoms with Gasteiger partial charge in [0.1, 0.15) is 0 Å². The van der Waals surface area contributed by atoms with Gasteiger partial charge in [-0.2, -0.15) is 0 Å². The van der Waals surface area contributed by atoms with Gasteiger partial charge in [0.2, 0.25) is 0 Å². The summed E-state index contributed by atoms with van der Waals surface area (Å²) in [4.78, 5) is 14.1. The molecule has 1 aliphatic carbocycles. The third-order valence-corrected chi connectivity index (χ3v) is 5.55. The van der Waals surface area contributed by atoms with Crippen molar-refractivity contribution >= 4 is 6.03 Å². The molecule has 2 aliphatic rings. The molecule has 0 radical (unpaired) electrons. The highest BCUT2D eigenvalue weighted by atomic mass is 16.3. The molecule has 0 aromatic heterocycles. The van der Waals surface area contributed by atoms with Gasteiger partial charge in [0.25, 0.3) is 0 Å². The van der Waals surface area contributed by atoms with E-state index in [1.165, 1.54) is 25.7 Å². The Kier molecular flexibility index (Phi) is 4.95. The maximum atomic E-state index is 12.2. The molecular weight excluding hydrogens is 252 g/mol. The number of aliphatic hydroxyl groups is 1. The highest BCUT2D eigenvalue weighted by Gasteiger charge is 2.42. The minimum atomic E-state index is 0.0523. The molecular formula is C16H30N2O2. The number of amides is 2. The van der Waals surface area contributed by atoms with Crippen molar-refractivity contribution in [3.05, 3.63) is 0 Å². The summed E-state index contributed by atoms with van der Waals surface area (Å²) in [5, 5.41) is 12.7. The lowest BCUT2D eigenvalue weighted by atomic mass is 9.77.